The highest BCUT2D eigenvalue weighted by molar-refractivity contribution is 6.00. The number of rotatable bonds is 9. The Labute approximate surface area is 228 Å². The molecule has 0 saturated carbocycles. The molecule has 208 valence electrons. The zero-order valence-corrected chi connectivity index (χ0v) is 21.9. The molecular formula is C28H26F3N5O4. The summed E-state index contributed by atoms with van der Waals surface area (Å²) in [5, 5.41) is 4.94. The second kappa shape index (κ2) is 12.3. The van der Waals surface area contributed by atoms with Crippen LogP contribution in [0.2, 0.25) is 0 Å². The normalized spacial score (nSPS) is 11.1. The van der Waals surface area contributed by atoms with Crippen LogP contribution in [0.15, 0.2) is 67.0 Å². The topological polar surface area (TPSA) is 107 Å². The van der Waals surface area contributed by atoms with Crippen LogP contribution in [0, 0.1) is 6.92 Å². The number of hydrogen-bond donors (Lipinski definition) is 2. The van der Waals surface area contributed by atoms with Crippen molar-refractivity contribution >= 4 is 17.4 Å². The van der Waals surface area contributed by atoms with Crippen molar-refractivity contribution in [3.05, 3.63) is 83.8 Å². The predicted molar refractivity (Wildman–Crippen MR) is 143 cm³/mol. The lowest BCUT2D eigenvalue weighted by Gasteiger charge is -2.14. The summed E-state index contributed by atoms with van der Waals surface area (Å²) in [5.41, 5.74) is 1.27. The van der Waals surface area contributed by atoms with Gasteiger partial charge in [-0.2, -0.15) is 13.2 Å². The monoisotopic (exact) mass is 553 g/mol. The molecule has 4 aromatic rings. The molecule has 0 spiro atoms. The van der Waals surface area contributed by atoms with Crippen molar-refractivity contribution < 1.29 is 32.2 Å². The van der Waals surface area contributed by atoms with E-state index in [1.54, 1.807) is 20.1 Å². The van der Waals surface area contributed by atoms with E-state index in [0.717, 1.165) is 23.4 Å². The zero-order chi connectivity index (χ0) is 28.7. The first kappa shape index (κ1) is 28.1. The number of nitrogens with zero attached hydrogens (tertiary/aromatic N) is 3. The highest BCUT2D eigenvalue weighted by Gasteiger charge is 2.30. The van der Waals surface area contributed by atoms with Gasteiger partial charge in [0.1, 0.15) is 18.1 Å². The first-order valence-electron chi connectivity index (χ1n) is 12.1. The number of aromatic nitrogens is 3. The SMILES string of the molecule is CCOc1cc(OCc2ccc(OC)cc2)ncc1-c1ncc(NC(=O)Nc2cccc(C(F)(F)F)c2)c(C)n1. The van der Waals surface area contributed by atoms with E-state index in [4.69, 9.17) is 14.2 Å². The minimum atomic E-state index is -4.52. The Morgan fingerprint density at radius 1 is 0.975 bits per heavy atom. The lowest BCUT2D eigenvalue weighted by atomic mass is 10.2. The van der Waals surface area contributed by atoms with E-state index in [1.807, 2.05) is 31.2 Å². The van der Waals surface area contributed by atoms with E-state index >= 15 is 0 Å². The summed E-state index contributed by atoms with van der Waals surface area (Å²) in [7, 11) is 1.60. The third kappa shape index (κ3) is 7.16. The molecule has 2 aromatic carbocycles. The highest BCUT2D eigenvalue weighted by Crippen LogP contribution is 2.32. The van der Waals surface area contributed by atoms with Gasteiger partial charge in [-0.25, -0.2) is 19.7 Å². The Morgan fingerprint density at radius 2 is 1.75 bits per heavy atom. The first-order chi connectivity index (χ1) is 19.2. The summed E-state index contributed by atoms with van der Waals surface area (Å²) in [5.74, 6) is 1.87. The lowest BCUT2D eigenvalue weighted by molar-refractivity contribution is -0.137. The maximum atomic E-state index is 12.9. The molecule has 9 nitrogen and oxygen atoms in total. The van der Waals surface area contributed by atoms with E-state index in [1.165, 1.54) is 24.5 Å². The maximum absolute atomic E-state index is 12.9. The molecule has 2 heterocycles. The molecule has 0 aliphatic carbocycles. The van der Waals surface area contributed by atoms with Crippen LogP contribution in [0.4, 0.5) is 29.3 Å². The number of benzene rings is 2. The van der Waals surface area contributed by atoms with E-state index in [-0.39, 0.29) is 11.4 Å². The summed E-state index contributed by atoms with van der Waals surface area (Å²) in [4.78, 5) is 25.5. The number of anilines is 2. The van der Waals surface area contributed by atoms with E-state index < -0.39 is 17.8 Å². The number of pyridine rings is 1. The van der Waals surface area contributed by atoms with Gasteiger partial charge in [-0.1, -0.05) is 18.2 Å². The van der Waals surface area contributed by atoms with E-state index in [9.17, 15) is 18.0 Å². The second-order valence-electron chi connectivity index (χ2n) is 8.44. The standard InChI is InChI=1S/C28H26F3N5O4/c1-4-39-24-13-25(40-16-18-8-10-21(38-3)11-9-18)32-14-22(24)26-33-15-23(17(2)34-26)36-27(37)35-20-7-5-6-19(12-20)28(29,30)31/h5-15H,4,16H2,1-3H3,(H2,35,36,37). The molecule has 2 N–H and O–H groups in total. The predicted octanol–water partition coefficient (Wildman–Crippen LogP) is 6.50. The smallest absolute Gasteiger partial charge is 0.416 e. The maximum Gasteiger partial charge on any atom is 0.416 e. The molecule has 2 aromatic heterocycles. The fourth-order valence-electron chi connectivity index (χ4n) is 3.60. The Balaban J connectivity index is 1.45. The van der Waals surface area contributed by atoms with Crippen LogP contribution >= 0.6 is 0 Å². The first-order valence-corrected chi connectivity index (χ1v) is 12.1. The lowest BCUT2D eigenvalue weighted by Crippen LogP contribution is -2.21. The molecule has 12 heteroatoms. The van der Waals surface area contributed by atoms with Gasteiger partial charge in [0.25, 0.3) is 0 Å². The number of nitrogens with one attached hydrogen (secondary N) is 2. The fraction of sp³-hybridized carbons (Fsp3) is 0.214. The summed E-state index contributed by atoms with van der Waals surface area (Å²) >= 11 is 0. The number of amides is 2. The van der Waals surface area contributed by atoms with Gasteiger partial charge in [0.05, 0.1) is 42.4 Å². The molecule has 0 saturated heterocycles. The van der Waals surface area contributed by atoms with Gasteiger partial charge < -0.3 is 24.8 Å². The van der Waals surface area contributed by atoms with Crippen LogP contribution in [0.25, 0.3) is 11.4 Å². The number of urea groups is 1. The highest BCUT2D eigenvalue weighted by atomic mass is 19.4. The van der Waals surface area contributed by atoms with Crippen molar-refractivity contribution in [2.24, 2.45) is 0 Å². The molecule has 0 bridgehead atoms. The third-order valence-electron chi connectivity index (χ3n) is 5.60. The molecule has 0 atom stereocenters. The van der Waals surface area contributed by atoms with Gasteiger partial charge in [0.15, 0.2) is 5.82 Å². The van der Waals surface area contributed by atoms with Gasteiger partial charge in [0.2, 0.25) is 5.88 Å². The summed E-state index contributed by atoms with van der Waals surface area (Å²) < 4.78 is 55.6. The van der Waals surface area contributed by atoms with Crippen molar-refractivity contribution in [3.8, 4) is 28.8 Å². The number of methoxy groups -OCH3 is 1. The number of alkyl halides is 3. The van der Waals surface area contributed by atoms with Crippen molar-refractivity contribution in [2.45, 2.75) is 26.6 Å². The number of halogens is 3. The van der Waals surface area contributed by atoms with Crippen LogP contribution in [0.3, 0.4) is 0 Å². The Morgan fingerprint density at radius 3 is 2.42 bits per heavy atom. The van der Waals surface area contributed by atoms with Gasteiger partial charge in [0, 0.05) is 18.0 Å². The van der Waals surface area contributed by atoms with E-state index in [2.05, 4.69) is 25.6 Å². The van der Waals surface area contributed by atoms with Crippen LogP contribution in [-0.4, -0.2) is 34.7 Å². The van der Waals surface area contributed by atoms with Crippen LogP contribution in [-0.2, 0) is 12.8 Å². The quantitative estimate of drug-likeness (QED) is 0.244. The van der Waals surface area contributed by atoms with Gasteiger partial charge >= 0.3 is 12.2 Å². The molecule has 0 aliphatic rings. The fourth-order valence-corrected chi connectivity index (χ4v) is 3.60. The molecule has 2 amide bonds. The average Bonchev–Trinajstić information content (AvgIpc) is 2.93. The number of carbonyl (C=O) groups excluding carboxylic acids is 1. The van der Waals surface area contributed by atoms with Crippen molar-refractivity contribution in [3.63, 3.8) is 0 Å². The molecule has 40 heavy (non-hydrogen) atoms. The van der Waals surface area contributed by atoms with Gasteiger partial charge in [-0.3, -0.25) is 0 Å². The Bertz CT molecular complexity index is 1480. The van der Waals surface area contributed by atoms with Crippen molar-refractivity contribution in [1.82, 2.24) is 15.0 Å². The van der Waals surface area contributed by atoms with Gasteiger partial charge in [-0.15, -0.1) is 0 Å². The summed E-state index contributed by atoms with van der Waals surface area (Å²) in [6.07, 6.45) is -1.59. The number of ether oxygens (including phenoxy) is 3. The molecule has 0 unspecified atom stereocenters. The van der Waals surface area contributed by atoms with Crippen LogP contribution in [0.1, 0.15) is 23.7 Å². The van der Waals surface area contributed by atoms with Crippen molar-refractivity contribution in [1.29, 1.82) is 0 Å². The zero-order valence-electron chi connectivity index (χ0n) is 21.9. The minimum Gasteiger partial charge on any atom is -0.497 e. The number of aryl methyl sites for hydroxylation is 1. The summed E-state index contributed by atoms with van der Waals surface area (Å²) in [6, 6.07) is 12.7. The summed E-state index contributed by atoms with van der Waals surface area (Å²) in [6.45, 7) is 4.17. The second-order valence-corrected chi connectivity index (χ2v) is 8.44. The average molecular weight is 554 g/mol. The molecule has 4 rings (SSSR count). The molecule has 0 radical (unpaired) electrons. The Hall–Kier alpha value is -4.87. The minimum absolute atomic E-state index is 0.00996. The molecule has 0 aliphatic heterocycles. The largest absolute Gasteiger partial charge is 0.497 e. The molecule has 0 fully saturated rings. The van der Waals surface area contributed by atoms with Gasteiger partial charge in [-0.05, 0) is 49.7 Å². The van der Waals surface area contributed by atoms with Crippen molar-refractivity contribution in [2.75, 3.05) is 24.4 Å². The Kier molecular flexibility index (Phi) is 8.67. The number of hydrogen-bond acceptors (Lipinski definition) is 7. The van der Waals surface area contributed by atoms with Crippen LogP contribution in [0.5, 0.6) is 17.4 Å². The third-order valence-corrected chi connectivity index (χ3v) is 5.60. The van der Waals surface area contributed by atoms with E-state index in [0.29, 0.717) is 41.9 Å². The molecular weight excluding hydrogens is 527 g/mol. The number of carbonyl (C=O) groups is 1. The van der Waals surface area contributed by atoms with Crippen LogP contribution < -0.4 is 24.8 Å².